The second kappa shape index (κ2) is 9.93. The molecule has 0 radical (unpaired) electrons. The molecule has 0 unspecified atom stereocenters. The molecule has 0 spiro atoms. The fourth-order valence-corrected chi connectivity index (χ4v) is 2.99. The second-order valence-corrected chi connectivity index (χ2v) is 7.02. The zero-order valence-corrected chi connectivity index (χ0v) is 19.4. The standard InChI is InChI=1S/C21H6F8N8.Pd/c1-31-12-10-37(35-18(12)21(27,28)29)16-7-3-5-14(33-16)19(22,23)13-4-2-6-15(32-13)36-9-11(8-30)17(34-36)20(24,25)26;/h2-7H;/q-2;+2. The topological polar surface area (TPSA) is 89.6 Å². The van der Waals surface area contributed by atoms with Gasteiger partial charge in [-0.25, -0.2) is 5.10 Å². The van der Waals surface area contributed by atoms with E-state index in [0.717, 1.165) is 36.4 Å². The summed E-state index contributed by atoms with van der Waals surface area (Å²) in [4.78, 5) is 9.90. The van der Waals surface area contributed by atoms with Crippen molar-refractivity contribution in [2.45, 2.75) is 18.3 Å². The Hall–Kier alpha value is -4.20. The molecule has 8 nitrogen and oxygen atoms in total. The molecule has 17 heteroatoms. The Balaban J connectivity index is 0.00000400. The SMILES string of the molecule is [C-]#[N+]c1[c-]n(-c2cccc(C(F)(F)c3cccc(-n4[c-]c(C#N)c(C(F)(F)F)n4)n3)n2)nc1C(F)(F)F.[Pd+2]. The molecule has 0 aromatic carbocycles. The Labute approximate surface area is 220 Å². The number of nitrogens with zero attached hydrogens (tertiary/aromatic N) is 8. The van der Waals surface area contributed by atoms with Crippen molar-refractivity contribution >= 4 is 5.69 Å². The van der Waals surface area contributed by atoms with E-state index in [1.165, 1.54) is 6.07 Å². The minimum Gasteiger partial charge on any atom is -0.356 e. The maximum absolute atomic E-state index is 15.3. The van der Waals surface area contributed by atoms with E-state index in [0.29, 0.717) is 9.36 Å². The summed E-state index contributed by atoms with van der Waals surface area (Å²) < 4.78 is 110. The fraction of sp³-hybridized carbons (Fsp3) is 0.143. The first kappa shape index (κ1) is 28.4. The maximum Gasteiger partial charge on any atom is 2.00 e. The average Bonchev–Trinajstić information content (AvgIpc) is 3.49. The summed E-state index contributed by atoms with van der Waals surface area (Å²) in [5.41, 5.74) is -7.15. The van der Waals surface area contributed by atoms with Crippen molar-refractivity contribution in [2.24, 2.45) is 0 Å². The molecule has 0 aliphatic carbocycles. The van der Waals surface area contributed by atoms with Gasteiger partial charge in [0.15, 0.2) is 0 Å². The molecule has 0 aliphatic rings. The summed E-state index contributed by atoms with van der Waals surface area (Å²) >= 11 is 0. The van der Waals surface area contributed by atoms with Crippen molar-refractivity contribution in [3.05, 3.63) is 88.5 Å². The predicted molar refractivity (Wildman–Crippen MR) is 104 cm³/mol. The Kier molecular flexibility index (Phi) is 7.41. The van der Waals surface area contributed by atoms with E-state index < -0.39 is 63.9 Å². The van der Waals surface area contributed by atoms with Gasteiger partial charge in [-0.1, -0.05) is 30.5 Å². The molecule has 4 aromatic heterocycles. The molecule has 4 rings (SSSR count). The van der Waals surface area contributed by atoms with Crippen molar-refractivity contribution in [1.29, 1.82) is 5.26 Å². The predicted octanol–water partition coefficient (Wildman–Crippen LogP) is 5.05. The number of rotatable bonds is 4. The van der Waals surface area contributed by atoms with Crippen LogP contribution in [0.15, 0.2) is 36.4 Å². The molecule has 38 heavy (non-hydrogen) atoms. The van der Waals surface area contributed by atoms with E-state index in [-0.39, 0.29) is 20.4 Å². The van der Waals surface area contributed by atoms with E-state index in [9.17, 15) is 26.3 Å². The van der Waals surface area contributed by atoms with Crippen LogP contribution >= 0.6 is 0 Å². The minimum atomic E-state index is -5.01. The number of nitriles is 1. The molecule has 0 atom stereocenters. The number of aromatic nitrogens is 6. The van der Waals surface area contributed by atoms with Crippen LogP contribution in [0, 0.1) is 30.3 Å². The van der Waals surface area contributed by atoms with Crippen molar-refractivity contribution in [3.8, 4) is 17.7 Å². The molecule has 0 aliphatic heterocycles. The molecule has 196 valence electrons. The second-order valence-electron chi connectivity index (χ2n) is 7.02. The smallest absolute Gasteiger partial charge is 0.356 e. The summed E-state index contributed by atoms with van der Waals surface area (Å²) in [5, 5.41) is 15.2. The largest absolute Gasteiger partial charge is 2.00 e. The summed E-state index contributed by atoms with van der Waals surface area (Å²) in [6.07, 6.45) is -6.02. The van der Waals surface area contributed by atoms with Gasteiger partial charge in [0.25, 0.3) is 0 Å². The number of hydrogen-bond acceptors (Lipinski definition) is 5. The Bertz CT molecular complexity index is 1460. The normalized spacial score (nSPS) is 11.9. The van der Waals surface area contributed by atoms with Crippen LogP contribution in [-0.4, -0.2) is 29.5 Å². The van der Waals surface area contributed by atoms with Gasteiger partial charge in [-0.2, -0.15) is 35.1 Å². The molecule has 4 aromatic rings. The zero-order chi connectivity index (χ0) is 27.2. The summed E-state index contributed by atoms with van der Waals surface area (Å²) in [5.74, 6) is -5.06. The van der Waals surface area contributed by atoms with Crippen LogP contribution in [0.4, 0.5) is 40.8 Å². The van der Waals surface area contributed by atoms with Crippen LogP contribution in [0.25, 0.3) is 16.5 Å². The summed E-state index contributed by atoms with van der Waals surface area (Å²) in [6, 6.07) is 7.07. The molecule has 0 N–H and O–H groups in total. The van der Waals surface area contributed by atoms with Crippen LogP contribution in [0.2, 0.25) is 0 Å². The van der Waals surface area contributed by atoms with E-state index in [1.807, 2.05) is 12.4 Å². The third kappa shape index (κ3) is 5.25. The monoisotopic (exact) mass is 628 g/mol. The number of halogens is 8. The first-order valence-corrected chi connectivity index (χ1v) is 9.56. The average molecular weight is 629 g/mol. The van der Waals surface area contributed by atoms with Crippen molar-refractivity contribution in [1.82, 2.24) is 29.5 Å². The van der Waals surface area contributed by atoms with Crippen molar-refractivity contribution in [3.63, 3.8) is 0 Å². The van der Waals surface area contributed by atoms with Crippen molar-refractivity contribution in [2.75, 3.05) is 0 Å². The van der Waals surface area contributed by atoms with E-state index in [4.69, 9.17) is 11.8 Å². The first-order chi connectivity index (χ1) is 17.3. The van der Waals surface area contributed by atoms with Crippen LogP contribution < -0.4 is 0 Å². The molecule has 0 bridgehead atoms. The van der Waals surface area contributed by atoms with E-state index >= 15 is 8.78 Å². The first-order valence-electron chi connectivity index (χ1n) is 9.56. The zero-order valence-electron chi connectivity index (χ0n) is 17.9. The van der Waals surface area contributed by atoms with E-state index in [2.05, 4.69) is 25.0 Å². The Morgan fingerprint density at radius 1 is 0.789 bits per heavy atom. The number of hydrogen-bond donors (Lipinski definition) is 0. The van der Waals surface area contributed by atoms with Crippen LogP contribution in [0.3, 0.4) is 0 Å². The van der Waals surface area contributed by atoms with Crippen LogP contribution in [0.1, 0.15) is 28.3 Å². The molecule has 0 saturated heterocycles. The molecule has 4 heterocycles. The summed E-state index contributed by atoms with van der Waals surface area (Å²) in [6.45, 7) is 6.85. The van der Waals surface area contributed by atoms with Gasteiger partial charge in [-0.15, -0.1) is 0 Å². The molecular weight excluding hydrogens is 623 g/mol. The van der Waals surface area contributed by atoms with Gasteiger partial charge < -0.3 is 9.36 Å². The van der Waals surface area contributed by atoms with Crippen molar-refractivity contribution < 1.29 is 55.5 Å². The Morgan fingerprint density at radius 3 is 1.66 bits per heavy atom. The molecule has 0 amide bonds. The van der Waals surface area contributed by atoms with Gasteiger partial charge in [0, 0.05) is 0 Å². The third-order valence-corrected chi connectivity index (χ3v) is 4.60. The fourth-order valence-electron chi connectivity index (χ4n) is 2.99. The minimum absolute atomic E-state index is 0. The quantitative estimate of drug-likeness (QED) is 0.179. The van der Waals surface area contributed by atoms with Gasteiger partial charge >= 0.3 is 38.7 Å². The van der Waals surface area contributed by atoms with E-state index in [1.54, 1.807) is 0 Å². The number of alkyl halides is 8. The molecule has 0 saturated carbocycles. The molecule has 0 fully saturated rings. The van der Waals surface area contributed by atoms with Gasteiger partial charge in [0.05, 0.1) is 29.6 Å². The number of pyridine rings is 2. The van der Waals surface area contributed by atoms with Gasteiger partial charge in [-0.3, -0.25) is 25.2 Å². The van der Waals surface area contributed by atoms with Gasteiger partial charge in [0.1, 0.15) is 17.1 Å². The van der Waals surface area contributed by atoms with Gasteiger partial charge in [0.2, 0.25) is 0 Å². The van der Waals surface area contributed by atoms with Gasteiger partial charge in [-0.05, 0) is 30.0 Å². The Morgan fingerprint density at radius 2 is 1.26 bits per heavy atom. The van der Waals surface area contributed by atoms with Crippen LogP contribution in [0.5, 0.6) is 0 Å². The third-order valence-electron chi connectivity index (χ3n) is 4.60. The molecular formula is C21H6F8N8Pd. The van der Waals surface area contributed by atoms with Crippen LogP contribution in [-0.2, 0) is 38.7 Å². The summed E-state index contributed by atoms with van der Waals surface area (Å²) in [7, 11) is 0. The maximum atomic E-state index is 15.3.